The smallest absolute Gasteiger partial charge is 0.339 e. The second kappa shape index (κ2) is 8.99. The highest BCUT2D eigenvalue weighted by atomic mass is 16.5. The monoisotopic (exact) mass is 396 g/mol. The fourth-order valence-electron chi connectivity index (χ4n) is 4.25. The molecule has 1 fully saturated rings. The Bertz CT molecular complexity index is 890. The van der Waals surface area contributed by atoms with Gasteiger partial charge >= 0.3 is 5.97 Å². The van der Waals surface area contributed by atoms with Crippen molar-refractivity contribution in [1.29, 1.82) is 0 Å². The number of carboxylic acid groups (broad SMARTS) is 1. The number of nitrogens with two attached hydrogens (primary N) is 1. The summed E-state index contributed by atoms with van der Waals surface area (Å²) in [6.07, 6.45) is 3.57. The van der Waals surface area contributed by atoms with Gasteiger partial charge in [0.05, 0.1) is 13.0 Å². The number of amides is 1. The first kappa shape index (κ1) is 20.7. The van der Waals surface area contributed by atoms with Crippen LogP contribution >= 0.6 is 0 Å². The summed E-state index contributed by atoms with van der Waals surface area (Å²) in [5, 5.41) is 9.33. The minimum absolute atomic E-state index is 0.0563. The Balaban J connectivity index is 2.01. The molecule has 6 heteroatoms. The number of piperidine rings is 1. The van der Waals surface area contributed by atoms with Crippen LogP contribution in [0.2, 0.25) is 0 Å². The highest BCUT2D eigenvalue weighted by molar-refractivity contribution is 5.91. The summed E-state index contributed by atoms with van der Waals surface area (Å²) in [5.74, 6) is -2.08. The quantitative estimate of drug-likeness (QED) is 0.743. The van der Waals surface area contributed by atoms with Crippen molar-refractivity contribution in [2.24, 2.45) is 5.73 Å². The van der Waals surface area contributed by atoms with E-state index >= 15 is 0 Å². The fraction of sp³-hybridized carbons (Fsp3) is 0.391. The van der Waals surface area contributed by atoms with Crippen LogP contribution in [0, 0.1) is 0 Å². The number of para-hydroxylation sites is 1. The van der Waals surface area contributed by atoms with Crippen molar-refractivity contribution in [2.45, 2.75) is 38.0 Å². The Hall–Kier alpha value is -3.02. The Morgan fingerprint density at radius 3 is 2.41 bits per heavy atom. The number of methoxy groups -OCH3 is 1. The molecular formula is C23H28N2O4. The van der Waals surface area contributed by atoms with Crippen LogP contribution in [0.5, 0.6) is 5.75 Å². The van der Waals surface area contributed by atoms with Gasteiger partial charge in [-0.1, -0.05) is 31.2 Å². The summed E-state index contributed by atoms with van der Waals surface area (Å²) in [5.41, 5.74) is 8.73. The van der Waals surface area contributed by atoms with Gasteiger partial charge in [0.1, 0.15) is 11.3 Å². The molecule has 1 aliphatic heterocycles. The van der Waals surface area contributed by atoms with Crippen molar-refractivity contribution in [2.75, 3.05) is 25.1 Å². The third kappa shape index (κ3) is 4.36. The van der Waals surface area contributed by atoms with Crippen LogP contribution in [-0.4, -0.2) is 37.2 Å². The van der Waals surface area contributed by atoms with Gasteiger partial charge in [0, 0.05) is 18.8 Å². The standard InChI is InChI=1S/C23H28N2O4/c1-15(17-8-4-5-9-19(17)25-12-6-3-7-13-25)21(22(24)26)16-10-11-18(23(27)28)20(14-16)29-2/h4-5,8-11,14-15,21H,3,6-7,12-13H2,1-2H3,(H2,24,26)(H,27,28). The van der Waals surface area contributed by atoms with Crippen molar-refractivity contribution in [1.82, 2.24) is 0 Å². The third-order valence-corrected chi connectivity index (χ3v) is 5.75. The number of benzene rings is 2. The molecule has 1 heterocycles. The van der Waals surface area contributed by atoms with Gasteiger partial charge in [-0.05, 0) is 54.5 Å². The summed E-state index contributed by atoms with van der Waals surface area (Å²) in [6, 6.07) is 12.9. The molecule has 6 nitrogen and oxygen atoms in total. The molecule has 2 atom stereocenters. The van der Waals surface area contributed by atoms with Crippen molar-refractivity contribution >= 4 is 17.6 Å². The lowest BCUT2D eigenvalue weighted by molar-refractivity contribution is -0.119. The van der Waals surface area contributed by atoms with E-state index in [1.165, 1.54) is 19.6 Å². The maximum Gasteiger partial charge on any atom is 0.339 e. The Morgan fingerprint density at radius 2 is 1.79 bits per heavy atom. The van der Waals surface area contributed by atoms with Crippen molar-refractivity contribution in [3.63, 3.8) is 0 Å². The van der Waals surface area contributed by atoms with Crippen LogP contribution in [-0.2, 0) is 4.79 Å². The van der Waals surface area contributed by atoms with Gasteiger partial charge in [0.2, 0.25) is 5.91 Å². The average Bonchev–Trinajstić information content (AvgIpc) is 2.73. The molecule has 154 valence electrons. The maximum absolute atomic E-state index is 12.5. The normalized spacial score (nSPS) is 16.1. The van der Waals surface area contributed by atoms with Crippen LogP contribution in [0.3, 0.4) is 0 Å². The van der Waals surface area contributed by atoms with E-state index in [4.69, 9.17) is 10.5 Å². The molecule has 2 unspecified atom stereocenters. The lowest BCUT2D eigenvalue weighted by atomic mass is 9.81. The number of carbonyl (C=O) groups is 2. The second-order valence-electron chi connectivity index (χ2n) is 7.54. The van der Waals surface area contributed by atoms with Gasteiger partial charge in [-0.3, -0.25) is 4.79 Å². The van der Waals surface area contributed by atoms with Crippen LogP contribution < -0.4 is 15.4 Å². The minimum Gasteiger partial charge on any atom is -0.496 e. The van der Waals surface area contributed by atoms with Gasteiger partial charge in [0.25, 0.3) is 0 Å². The first-order valence-electron chi connectivity index (χ1n) is 9.98. The molecular weight excluding hydrogens is 368 g/mol. The van der Waals surface area contributed by atoms with Crippen LogP contribution in [0.1, 0.15) is 59.5 Å². The molecule has 1 saturated heterocycles. The van der Waals surface area contributed by atoms with E-state index in [0.717, 1.165) is 37.2 Å². The summed E-state index contributed by atoms with van der Waals surface area (Å²) >= 11 is 0. The molecule has 1 amide bonds. The lowest BCUT2D eigenvalue weighted by Crippen LogP contribution is -2.32. The molecule has 0 spiro atoms. The first-order chi connectivity index (χ1) is 13.9. The Labute approximate surface area is 171 Å². The molecule has 0 aliphatic carbocycles. The minimum atomic E-state index is -1.08. The van der Waals surface area contributed by atoms with Crippen LogP contribution in [0.15, 0.2) is 42.5 Å². The molecule has 2 aromatic rings. The fourth-order valence-corrected chi connectivity index (χ4v) is 4.25. The predicted octanol–water partition coefficient (Wildman–Crippen LogP) is 3.76. The highest BCUT2D eigenvalue weighted by Crippen LogP contribution is 2.39. The molecule has 1 aliphatic rings. The number of hydrogen-bond acceptors (Lipinski definition) is 4. The third-order valence-electron chi connectivity index (χ3n) is 5.75. The molecule has 0 radical (unpaired) electrons. The summed E-state index contributed by atoms with van der Waals surface area (Å²) < 4.78 is 5.24. The molecule has 0 bridgehead atoms. The first-order valence-corrected chi connectivity index (χ1v) is 9.98. The van der Waals surface area contributed by atoms with E-state index < -0.39 is 17.8 Å². The molecule has 3 N–H and O–H groups in total. The van der Waals surface area contributed by atoms with E-state index in [-0.39, 0.29) is 17.2 Å². The molecule has 3 rings (SSSR count). The number of ether oxygens (including phenoxy) is 1. The predicted molar refractivity (Wildman–Crippen MR) is 113 cm³/mol. The van der Waals surface area contributed by atoms with Crippen molar-refractivity contribution in [3.8, 4) is 5.75 Å². The highest BCUT2D eigenvalue weighted by Gasteiger charge is 2.30. The number of primary amides is 1. The summed E-state index contributed by atoms with van der Waals surface area (Å²) in [7, 11) is 1.42. The number of hydrogen-bond donors (Lipinski definition) is 2. The number of rotatable bonds is 7. The molecule has 2 aromatic carbocycles. The van der Waals surface area contributed by atoms with Crippen molar-refractivity contribution in [3.05, 3.63) is 59.2 Å². The van der Waals surface area contributed by atoms with E-state index in [0.29, 0.717) is 5.56 Å². The number of nitrogens with zero attached hydrogens (tertiary/aromatic N) is 1. The zero-order valence-electron chi connectivity index (χ0n) is 16.9. The van der Waals surface area contributed by atoms with E-state index in [2.05, 4.69) is 11.0 Å². The Kier molecular flexibility index (Phi) is 6.42. The number of carboxylic acids is 1. The van der Waals surface area contributed by atoms with Crippen molar-refractivity contribution < 1.29 is 19.4 Å². The van der Waals surface area contributed by atoms with Gasteiger partial charge in [-0.25, -0.2) is 4.79 Å². The Morgan fingerprint density at radius 1 is 1.10 bits per heavy atom. The van der Waals surface area contributed by atoms with E-state index in [1.54, 1.807) is 12.1 Å². The molecule has 0 saturated carbocycles. The van der Waals surface area contributed by atoms with Gasteiger partial charge in [0.15, 0.2) is 0 Å². The van der Waals surface area contributed by atoms with E-state index in [9.17, 15) is 14.7 Å². The summed E-state index contributed by atoms with van der Waals surface area (Å²) in [4.78, 5) is 26.2. The lowest BCUT2D eigenvalue weighted by Gasteiger charge is -2.33. The zero-order valence-corrected chi connectivity index (χ0v) is 16.9. The van der Waals surface area contributed by atoms with E-state index in [1.807, 2.05) is 25.1 Å². The number of anilines is 1. The van der Waals surface area contributed by atoms with Gasteiger partial charge in [-0.2, -0.15) is 0 Å². The van der Waals surface area contributed by atoms with Gasteiger partial charge < -0.3 is 20.5 Å². The molecule has 29 heavy (non-hydrogen) atoms. The average molecular weight is 396 g/mol. The largest absolute Gasteiger partial charge is 0.496 e. The number of carbonyl (C=O) groups excluding carboxylic acids is 1. The zero-order chi connectivity index (χ0) is 21.0. The maximum atomic E-state index is 12.5. The summed E-state index contributed by atoms with van der Waals surface area (Å²) in [6.45, 7) is 4.01. The second-order valence-corrected chi connectivity index (χ2v) is 7.54. The molecule has 0 aromatic heterocycles. The van der Waals surface area contributed by atoms with Crippen LogP contribution in [0.4, 0.5) is 5.69 Å². The van der Waals surface area contributed by atoms with Crippen LogP contribution in [0.25, 0.3) is 0 Å². The number of aromatic carboxylic acids is 1. The topological polar surface area (TPSA) is 92.9 Å². The SMILES string of the molecule is COc1cc(C(C(N)=O)C(C)c2ccccc2N2CCCCC2)ccc1C(=O)O. The van der Waals surface area contributed by atoms with Gasteiger partial charge in [-0.15, -0.1) is 0 Å².